The van der Waals surface area contributed by atoms with Crippen molar-refractivity contribution in [1.29, 1.82) is 0 Å². The largest absolute Gasteiger partial charge is 0.496 e. The van der Waals surface area contributed by atoms with Gasteiger partial charge >= 0.3 is 0 Å². The lowest BCUT2D eigenvalue weighted by Gasteiger charge is -2.22. The standard InChI is InChI=1S/C18H22N2O2S/c1-3-10-19-18(21)14-20(13-16-8-6-11-23-16)12-15-7-4-5-9-17(15)22-2/h3-9,11H,1,10,12-14H2,2H3,(H,19,21). The molecule has 0 aliphatic rings. The average molecular weight is 330 g/mol. The van der Waals surface area contributed by atoms with Gasteiger partial charge in [0.2, 0.25) is 5.91 Å². The van der Waals surface area contributed by atoms with Crippen molar-refractivity contribution in [1.82, 2.24) is 10.2 Å². The van der Waals surface area contributed by atoms with E-state index in [2.05, 4.69) is 22.9 Å². The van der Waals surface area contributed by atoms with Crippen LogP contribution in [0.3, 0.4) is 0 Å². The molecule has 0 spiro atoms. The number of carbonyl (C=O) groups is 1. The molecular formula is C18H22N2O2S. The number of hydrogen-bond acceptors (Lipinski definition) is 4. The highest BCUT2D eigenvalue weighted by molar-refractivity contribution is 7.09. The number of methoxy groups -OCH3 is 1. The van der Waals surface area contributed by atoms with Crippen LogP contribution in [-0.2, 0) is 17.9 Å². The molecule has 0 aliphatic carbocycles. The molecule has 2 aromatic rings. The Morgan fingerprint density at radius 2 is 2.13 bits per heavy atom. The van der Waals surface area contributed by atoms with Crippen LogP contribution in [0, 0.1) is 0 Å². The number of rotatable bonds is 9. The minimum atomic E-state index is -0.00338. The van der Waals surface area contributed by atoms with E-state index in [9.17, 15) is 4.79 Å². The molecule has 1 N–H and O–H groups in total. The first-order valence-electron chi connectivity index (χ1n) is 7.47. The van der Waals surface area contributed by atoms with E-state index in [0.29, 0.717) is 19.6 Å². The summed E-state index contributed by atoms with van der Waals surface area (Å²) in [5.41, 5.74) is 1.07. The minimum absolute atomic E-state index is 0.00338. The first-order chi connectivity index (χ1) is 11.2. The van der Waals surface area contributed by atoms with Crippen LogP contribution in [0.1, 0.15) is 10.4 Å². The zero-order chi connectivity index (χ0) is 16.5. The Morgan fingerprint density at radius 1 is 1.30 bits per heavy atom. The van der Waals surface area contributed by atoms with Crippen LogP contribution in [0.4, 0.5) is 0 Å². The van der Waals surface area contributed by atoms with Crippen molar-refractivity contribution >= 4 is 17.2 Å². The van der Waals surface area contributed by atoms with Crippen LogP contribution in [-0.4, -0.2) is 31.0 Å². The van der Waals surface area contributed by atoms with Crippen LogP contribution in [0.15, 0.2) is 54.4 Å². The number of ether oxygens (including phenoxy) is 1. The van der Waals surface area contributed by atoms with Crippen LogP contribution in [0.5, 0.6) is 5.75 Å². The Labute approximate surface area is 141 Å². The molecule has 0 atom stereocenters. The predicted octanol–water partition coefficient (Wildman–Crippen LogP) is 3.06. The molecule has 1 heterocycles. The van der Waals surface area contributed by atoms with Crippen LogP contribution in [0.25, 0.3) is 0 Å². The Kier molecular flexibility index (Phi) is 6.84. The van der Waals surface area contributed by atoms with Crippen molar-refractivity contribution in [2.75, 3.05) is 20.2 Å². The molecule has 0 saturated heterocycles. The lowest BCUT2D eigenvalue weighted by Crippen LogP contribution is -2.36. The lowest BCUT2D eigenvalue weighted by molar-refractivity contribution is -0.122. The molecule has 23 heavy (non-hydrogen) atoms. The van der Waals surface area contributed by atoms with Gasteiger partial charge < -0.3 is 10.1 Å². The van der Waals surface area contributed by atoms with E-state index in [4.69, 9.17) is 4.74 Å². The molecule has 1 aromatic heterocycles. The van der Waals surface area contributed by atoms with Gasteiger partial charge in [-0.15, -0.1) is 17.9 Å². The van der Waals surface area contributed by atoms with Gasteiger partial charge in [0, 0.05) is 30.1 Å². The molecule has 5 heteroatoms. The summed E-state index contributed by atoms with van der Waals surface area (Å²) >= 11 is 1.70. The second kappa shape index (κ2) is 9.12. The highest BCUT2D eigenvalue weighted by Gasteiger charge is 2.14. The summed E-state index contributed by atoms with van der Waals surface area (Å²) in [5, 5.41) is 4.88. The van der Waals surface area contributed by atoms with Crippen molar-refractivity contribution in [2.24, 2.45) is 0 Å². The maximum atomic E-state index is 12.1. The topological polar surface area (TPSA) is 41.6 Å². The van der Waals surface area contributed by atoms with E-state index in [1.165, 1.54) is 4.88 Å². The van der Waals surface area contributed by atoms with Crippen LogP contribution < -0.4 is 10.1 Å². The number of hydrogen-bond donors (Lipinski definition) is 1. The Bertz CT molecular complexity index is 626. The molecule has 2 rings (SSSR count). The third-order valence-electron chi connectivity index (χ3n) is 3.36. The van der Waals surface area contributed by atoms with Crippen molar-refractivity contribution in [3.05, 3.63) is 64.9 Å². The van der Waals surface area contributed by atoms with Gasteiger partial charge in [-0.1, -0.05) is 30.3 Å². The molecule has 0 unspecified atom stereocenters. The highest BCUT2D eigenvalue weighted by atomic mass is 32.1. The number of nitrogens with zero attached hydrogens (tertiary/aromatic N) is 1. The Morgan fingerprint density at radius 3 is 2.83 bits per heavy atom. The SMILES string of the molecule is C=CCNC(=O)CN(Cc1cccs1)Cc1ccccc1OC. The van der Waals surface area contributed by atoms with Gasteiger partial charge in [0.15, 0.2) is 0 Å². The normalized spacial score (nSPS) is 10.5. The zero-order valence-electron chi connectivity index (χ0n) is 13.3. The monoisotopic (exact) mass is 330 g/mol. The van der Waals surface area contributed by atoms with Gasteiger partial charge in [-0.25, -0.2) is 0 Å². The maximum absolute atomic E-state index is 12.1. The van der Waals surface area contributed by atoms with E-state index in [1.807, 2.05) is 35.7 Å². The summed E-state index contributed by atoms with van der Waals surface area (Å²) in [6.45, 7) is 5.83. The Hall–Kier alpha value is -2.11. The molecule has 0 bridgehead atoms. The van der Waals surface area contributed by atoms with Crippen LogP contribution in [0.2, 0.25) is 0 Å². The first kappa shape index (κ1) is 17.2. The quantitative estimate of drug-likeness (QED) is 0.719. The third kappa shape index (κ3) is 5.54. The lowest BCUT2D eigenvalue weighted by atomic mass is 10.2. The second-order valence-electron chi connectivity index (χ2n) is 5.13. The van der Waals surface area contributed by atoms with E-state index in [-0.39, 0.29) is 5.91 Å². The number of carbonyl (C=O) groups excluding carboxylic acids is 1. The number of nitrogens with one attached hydrogen (secondary N) is 1. The van der Waals surface area contributed by atoms with E-state index in [0.717, 1.165) is 17.9 Å². The molecule has 0 radical (unpaired) electrons. The van der Waals surface area contributed by atoms with Crippen molar-refractivity contribution in [3.8, 4) is 5.75 Å². The Balaban J connectivity index is 2.08. The van der Waals surface area contributed by atoms with Gasteiger partial charge in [-0.05, 0) is 17.5 Å². The highest BCUT2D eigenvalue weighted by Crippen LogP contribution is 2.21. The van der Waals surface area contributed by atoms with Crippen molar-refractivity contribution in [2.45, 2.75) is 13.1 Å². The molecule has 0 fully saturated rings. The van der Waals surface area contributed by atoms with Gasteiger partial charge in [-0.2, -0.15) is 0 Å². The van der Waals surface area contributed by atoms with Crippen LogP contribution >= 0.6 is 11.3 Å². The molecule has 122 valence electrons. The summed E-state index contributed by atoms with van der Waals surface area (Å²) in [5.74, 6) is 0.839. The fourth-order valence-electron chi connectivity index (χ4n) is 2.31. The summed E-state index contributed by atoms with van der Waals surface area (Å²) in [6, 6.07) is 12.0. The number of thiophene rings is 1. The van der Waals surface area contributed by atoms with Gasteiger partial charge in [-0.3, -0.25) is 9.69 Å². The van der Waals surface area contributed by atoms with E-state index >= 15 is 0 Å². The summed E-state index contributed by atoms with van der Waals surface area (Å²) in [7, 11) is 1.67. The summed E-state index contributed by atoms with van der Waals surface area (Å²) in [6.07, 6.45) is 1.68. The number of benzene rings is 1. The molecule has 1 aromatic carbocycles. The predicted molar refractivity (Wildman–Crippen MR) is 94.6 cm³/mol. The molecule has 0 saturated carbocycles. The van der Waals surface area contributed by atoms with Gasteiger partial charge in [0.25, 0.3) is 0 Å². The number of amides is 1. The fraction of sp³-hybridized carbons (Fsp3) is 0.278. The first-order valence-corrected chi connectivity index (χ1v) is 8.35. The fourth-order valence-corrected chi connectivity index (χ4v) is 3.06. The molecular weight excluding hydrogens is 308 g/mol. The van der Waals surface area contributed by atoms with Gasteiger partial charge in [0.1, 0.15) is 5.75 Å². The summed E-state index contributed by atoms with van der Waals surface area (Å²) < 4.78 is 5.41. The third-order valence-corrected chi connectivity index (χ3v) is 4.22. The van der Waals surface area contributed by atoms with E-state index in [1.54, 1.807) is 24.5 Å². The van der Waals surface area contributed by atoms with Crippen molar-refractivity contribution in [3.63, 3.8) is 0 Å². The summed E-state index contributed by atoms with van der Waals surface area (Å²) in [4.78, 5) is 15.4. The second-order valence-corrected chi connectivity index (χ2v) is 6.16. The number of para-hydroxylation sites is 1. The maximum Gasteiger partial charge on any atom is 0.234 e. The smallest absolute Gasteiger partial charge is 0.234 e. The molecule has 0 aliphatic heterocycles. The zero-order valence-corrected chi connectivity index (χ0v) is 14.1. The average Bonchev–Trinajstić information content (AvgIpc) is 3.06. The van der Waals surface area contributed by atoms with Gasteiger partial charge in [0.05, 0.1) is 13.7 Å². The van der Waals surface area contributed by atoms with E-state index < -0.39 is 0 Å². The molecule has 4 nitrogen and oxygen atoms in total. The minimum Gasteiger partial charge on any atom is -0.496 e. The van der Waals surface area contributed by atoms with Crippen molar-refractivity contribution < 1.29 is 9.53 Å². The molecule has 1 amide bonds.